The van der Waals surface area contributed by atoms with Gasteiger partial charge in [-0.25, -0.2) is 0 Å². The van der Waals surface area contributed by atoms with Crippen molar-refractivity contribution in [2.75, 3.05) is 6.54 Å². The predicted molar refractivity (Wildman–Crippen MR) is 88.0 cm³/mol. The Morgan fingerprint density at radius 1 is 1.19 bits per heavy atom. The summed E-state index contributed by atoms with van der Waals surface area (Å²) >= 11 is 0. The minimum Gasteiger partial charge on any atom is -0.349 e. The van der Waals surface area contributed by atoms with E-state index in [1.54, 1.807) is 0 Å². The molecule has 0 bridgehead atoms. The van der Waals surface area contributed by atoms with Crippen molar-refractivity contribution in [3.8, 4) is 0 Å². The molecule has 3 N–H and O–H groups in total. The van der Waals surface area contributed by atoms with Gasteiger partial charge >= 0.3 is 0 Å². The molecule has 0 aromatic heterocycles. The molecular weight excluding hydrogens is 260 g/mol. The molecule has 112 valence electrons. The van der Waals surface area contributed by atoms with Gasteiger partial charge in [0.15, 0.2) is 0 Å². The Balaban J connectivity index is 2.19. The zero-order chi connectivity index (χ0) is 15.2. The normalized spacial score (nSPS) is 13.9. The second-order valence-electron chi connectivity index (χ2n) is 5.52. The summed E-state index contributed by atoms with van der Waals surface area (Å²) < 4.78 is 0. The first-order valence-corrected chi connectivity index (χ1v) is 7.65. The molecule has 0 saturated carbocycles. The molecule has 0 heterocycles. The highest BCUT2D eigenvalue weighted by Gasteiger charge is 2.19. The SMILES string of the molecule is CCCC(CN)C(=O)NC(C)c1cccc2ccccc12. The minimum absolute atomic E-state index is 0.0190. The van der Waals surface area contributed by atoms with Crippen LogP contribution < -0.4 is 11.1 Å². The highest BCUT2D eigenvalue weighted by atomic mass is 16.1. The lowest BCUT2D eigenvalue weighted by Crippen LogP contribution is -2.36. The molecule has 0 fully saturated rings. The number of carbonyl (C=O) groups is 1. The van der Waals surface area contributed by atoms with Gasteiger partial charge in [-0.2, -0.15) is 0 Å². The molecule has 2 aromatic rings. The minimum atomic E-state index is -0.0903. The zero-order valence-corrected chi connectivity index (χ0v) is 12.8. The third-order valence-corrected chi connectivity index (χ3v) is 3.94. The summed E-state index contributed by atoms with van der Waals surface area (Å²) in [5.74, 6) is -0.0350. The van der Waals surface area contributed by atoms with E-state index in [2.05, 4.69) is 36.5 Å². The van der Waals surface area contributed by atoms with Gasteiger partial charge in [0.2, 0.25) is 5.91 Å². The van der Waals surface area contributed by atoms with Crippen LogP contribution in [-0.2, 0) is 4.79 Å². The van der Waals surface area contributed by atoms with E-state index in [4.69, 9.17) is 5.73 Å². The Labute approximate surface area is 126 Å². The molecule has 1 amide bonds. The third-order valence-electron chi connectivity index (χ3n) is 3.94. The topological polar surface area (TPSA) is 55.1 Å². The molecular formula is C18H24N2O. The molecule has 3 heteroatoms. The standard InChI is InChI=1S/C18H24N2O/c1-3-7-15(12-19)18(21)20-13(2)16-11-6-9-14-8-4-5-10-17(14)16/h4-6,8-11,13,15H,3,7,12,19H2,1-2H3,(H,20,21). The molecule has 2 unspecified atom stereocenters. The number of nitrogens with one attached hydrogen (secondary N) is 1. The smallest absolute Gasteiger partial charge is 0.224 e. The van der Waals surface area contributed by atoms with E-state index in [1.807, 2.05) is 25.1 Å². The molecule has 0 aliphatic heterocycles. The fourth-order valence-corrected chi connectivity index (χ4v) is 2.74. The van der Waals surface area contributed by atoms with Gasteiger partial charge in [-0.1, -0.05) is 55.8 Å². The molecule has 0 saturated heterocycles. The molecule has 2 atom stereocenters. The van der Waals surface area contributed by atoms with Gasteiger partial charge in [0.1, 0.15) is 0 Å². The van der Waals surface area contributed by atoms with Crippen LogP contribution in [0.4, 0.5) is 0 Å². The second-order valence-corrected chi connectivity index (χ2v) is 5.52. The average molecular weight is 284 g/mol. The third kappa shape index (κ3) is 3.61. The summed E-state index contributed by atoms with van der Waals surface area (Å²) in [5, 5.41) is 5.49. The Morgan fingerprint density at radius 2 is 1.90 bits per heavy atom. The predicted octanol–water partition coefficient (Wildman–Crippen LogP) is 3.39. The van der Waals surface area contributed by atoms with Crippen LogP contribution in [0.1, 0.15) is 38.3 Å². The number of hydrogen-bond donors (Lipinski definition) is 2. The van der Waals surface area contributed by atoms with E-state index < -0.39 is 0 Å². The number of hydrogen-bond acceptors (Lipinski definition) is 2. The Morgan fingerprint density at radius 3 is 2.62 bits per heavy atom. The summed E-state index contributed by atoms with van der Waals surface area (Å²) in [6, 6.07) is 14.4. The van der Waals surface area contributed by atoms with Crippen molar-refractivity contribution in [1.29, 1.82) is 0 Å². The van der Waals surface area contributed by atoms with E-state index in [0.29, 0.717) is 6.54 Å². The van der Waals surface area contributed by atoms with Gasteiger partial charge in [0.25, 0.3) is 0 Å². The summed E-state index contributed by atoms with van der Waals surface area (Å²) in [6.07, 6.45) is 1.81. The number of rotatable bonds is 6. The fraction of sp³-hybridized carbons (Fsp3) is 0.389. The number of nitrogens with two attached hydrogens (primary N) is 1. The van der Waals surface area contributed by atoms with E-state index in [9.17, 15) is 4.79 Å². The second kappa shape index (κ2) is 7.23. The first kappa shape index (κ1) is 15.5. The van der Waals surface area contributed by atoms with Crippen LogP contribution in [0.15, 0.2) is 42.5 Å². The Bertz CT molecular complexity index is 604. The quantitative estimate of drug-likeness (QED) is 0.854. The highest BCUT2D eigenvalue weighted by Crippen LogP contribution is 2.24. The molecule has 2 rings (SSSR count). The lowest BCUT2D eigenvalue weighted by molar-refractivity contribution is -0.125. The van der Waals surface area contributed by atoms with E-state index in [0.717, 1.165) is 18.4 Å². The maximum Gasteiger partial charge on any atom is 0.224 e. The van der Waals surface area contributed by atoms with Crippen molar-refractivity contribution in [2.45, 2.75) is 32.7 Å². The van der Waals surface area contributed by atoms with Crippen molar-refractivity contribution in [3.05, 3.63) is 48.0 Å². The number of carbonyl (C=O) groups excluding carboxylic acids is 1. The monoisotopic (exact) mass is 284 g/mol. The van der Waals surface area contributed by atoms with Crippen molar-refractivity contribution in [2.24, 2.45) is 11.7 Å². The van der Waals surface area contributed by atoms with Gasteiger partial charge in [0, 0.05) is 6.54 Å². The zero-order valence-electron chi connectivity index (χ0n) is 12.8. The van der Waals surface area contributed by atoms with Gasteiger partial charge in [-0.05, 0) is 29.7 Å². The van der Waals surface area contributed by atoms with Gasteiger partial charge in [-0.15, -0.1) is 0 Å². The van der Waals surface area contributed by atoms with Crippen LogP contribution in [-0.4, -0.2) is 12.5 Å². The largest absolute Gasteiger partial charge is 0.349 e. The number of fused-ring (bicyclic) bond motifs is 1. The van der Waals surface area contributed by atoms with Gasteiger partial charge in [-0.3, -0.25) is 4.79 Å². The molecule has 0 aliphatic carbocycles. The van der Waals surface area contributed by atoms with Crippen LogP contribution >= 0.6 is 0 Å². The fourth-order valence-electron chi connectivity index (χ4n) is 2.74. The van der Waals surface area contributed by atoms with E-state index >= 15 is 0 Å². The Hall–Kier alpha value is -1.87. The van der Waals surface area contributed by atoms with Crippen LogP contribution in [0.5, 0.6) is 0 Å². The van der Waals surface area contributed by atoms with Crippen LogP contribution in [0.25, 0.3) is 10.8 Å². The van der Waals surface area contributed by atoms with Crippen molar-refractivity contribution >= 4 is 16.7 Å². The molecule has 0 aliphatic rings. The maximum atomic E-state index is 12.3. The average Bonchev–Trinajstić information content (AvgIpc) is 2.51. The van der Waals surface area contributed by atoms with Crippen LogP contribution in [0.2, 0.25) is 0 Å². The molecule has 0 spiro atoms. The van der Waals surface area contributed by atoms with E-state index in [-0.39, 0.29) is 17.9 Å². The van der Waals surface area contributed by atoms with Crippen molar-refractivity contribution < 1.29 is 4.79 Å². The maximum absolute atomic E-state index is 12.3. The molecule has 21 heavy (non-hydrogen) atoms. The Kier molecular flexibility index (Phi) is 5.34. The van der Waals surface area contributed by atoms with Gasteiger partial charge < -0.3 is 11.1 Å². The lowest BCUT2D eigenvalue weighted by atomic mass is 9.98. The highest BCUT2D eigenvalue weighted by molar-refractivity contribution is 5.87. The number of benzene rings is 2. The summed E-state index contributed by atoms with van der Waals surface area (Å²) in [5.41, 5.74) is 6.85. The van der Waals surface area contributed by atoms with E-state index in [1.165, 1.54) is 10.8 Å². The van der Waals surface area contributed by atoms with Crippen molar-refractivity contribution in [3.63, 3.8) is 0 Å². The first-order chi connectivity index (χ1) is 10.2. The van der Waals surface area contributed by atoms with Crippen molar-refractivity contribution in [1.82, 2.24) is 5.32 Å². The summed E-state index contributed by atoms with van der Waals surface area (Å²) in [7, 11) is 0. The molecule has 3 nitrogen and oxygen atoms in total. The summed E-state index contributed by atoms with van der Waals surface area (Å²) in [6.45, 7) is 4.51. The summed E-state index contributed by atoms with van der Waals surface area (Å²) in [4.78, 5) is 12.3. The number of amides is 1. The molecule has 0 radical (unpaired) electrons. The van der Waals surface area contributed by atoms with Gasteiger partial charge in [0.05, 0.1) is 12.0 Å². The molecule has 2 aromatic carbocycles. The first-order valence-electron chi connectivity index (χ1n) is 7.65. The van der Waals surface area contributed by atoms with Crippen LogP contribution in [0.3, 0.4) is 0 Å². The lowest BCUT2D eigenvalue weighted by Gasteiger charge is -2.20. The van der Waals surface area contributed by atoms with Crippen LogP contribution in [0, 0.1) is 5.92 Å².